The van der Waals surface area contributed by atoms with Crippen LogP contribution in [-0.2, 0) is 18.2 Å². The molecule has 0 aromatic heterocycles. The maximum atomic E-state index is 11.7. The predicted molar refractivity (Wildman–Crippen MR) is 90.3 cm³/mol. The summed E-state index contributed by atoms with van der Waals surface area (Å²) in [6, 6.07) is 3.51. The minimum absolute atomic E-state index is 0.456. The molecule has 0 bridgehead atoms. The fraction of sp³-hybridized carbons (Fsp3) is 0.500. The summed E-state index contributed by atoms with van der Waals surface area (Å²) < 4.78 is 37.9. The topological polar surface area (TPSA) is 82.1 Å². The summed E-state index contributed by atoms with van der Waals surface area (Å²) in [4.78, 5) is 13.7. The van der Waals surface area contributed by atoms with Crippen LogP contribution in [-0.4, -0.2) is 53.1 Å². The van der Waals surface area contributed by atoms with E-state index in [1.54, 1.807) is 52.6 Å². The Morgan fingerprint density at radius 2 is 1.57 bits per heavy atom. The minimum Gasteiger partial charge on any atom is -0.410 e. The van der Waals surface area contributed by atoms with Gasteiger partial charge in [-0.15, -0.1) is 0 Å². The fourth-order valence-electron chi connectivity index (χ4n) is 1.81. The molecule has 0 radical (unpaired) electrons. The van der Waals surface area contributed by atoms with Gasteiger partial charge in [-0.1, -0.05) is 10.3 Å². The fourth-order valence-corrected chi connectivity index (χ4v) is 4.93. The van der Waals surface area contributed by atoms with Crippen LogP contribution in [0.25, 0.3) is 0 Å². The van der Waals surface area contributed by atoms with Crippen LogP contribution in [0.1, 0.15) is 11.1 Å². The highest BCUT2D eigenvalue weighted by molar-refractivity contribution is 8.31. The van der Waals surface area contributed by atoms with E-state index in [9.17, 15) is 13.2 Å². The van der Waals surface area contributed by atoms with Gasteiger partial charge in [-0.25, -0.2) is 4.79 Å². The van der Waals surface area contributed by atoms with Gasteiger partial charge < -0.3 is 9.64 Å². The SMILES string of the molecule is COS(=O)(=O)OS(C)(C)c1cc(C)c(OC(=O)N(C)C)c(C)c1. The van der Waals surface area contributed by atoms with Crippen molar-refractivity contribution in [2.75, 3.05) is 33.7 Å². The molecule has 0 aliphatic rings. The molecule has 7 nitrogen and oxygen atoms in total. The Morgan fingerprint density at radius 1 is 1.09 bits per heavy atom. The molecular weight excluding hydrogens is 342 g/mol. The second-order valence-electron chi connectivity index (χ2n) is 5.52. The molecule has 0 saturated carbocycles. The van der Waals surface area contributed by atoms with Gasteiger partial charge in [0.1, 0.15) is 5.75 Å². The van der Waals surface area contributed by atoms with Crippen LogP contribution < -0.4 is 4.74 Å². The van der Waals surface area contributed by atoms with Crippen LogP contribution in [0.5, 0.6) is 5.75 Å². The molecule has 0 fully saturated rings. The third kappa shape index (κ3) is 5.10. The van der Waals surface area contributed by atoms with Crippen LogP contribution in [0.2, 0.25) is 0 Å². The Hall–Kier alpha value is -1.29. The van der Waals surface area contributed by atoms with E-state index in [2.05, 4.69) is 4.18 Å². The molecule has 0 heterocycles. The molecule has 1 aromatic rings. The molecule has 9 heteroatoms. The van der Waals surface area contributed by atoms with Gasteiger partial charge in [-0.05, 0) is 49.6 Å². The predicted octanol–water partition coefficient (Wildman–Crippen LogP) is 2.61. The van der Waals surface area contributed by atoms with E-state index in [1.807, 2.05) is 0 Å². The Balaban J connectivity index is 3.20. The molecule has 0 spiro atoms. The highest BCUT2D eigenvalue weighted by Crippen LogP contribution is 2.53. The second-order valence-corrected chi connectivity index (χ2v) is 10.2. The second kappa shape index (κ2) is 7.08. The van der Waals surface area contributed by atoms with Gasteiger partial charge in [0.05, 0.1) is 7.11 Å². The molecular formula is C14H23NO6S2. The number of ether oxygens (including phenoxy) is 1. The molecule has 0 aliphatic heterocycles. The molecule has 0 atom stereocenters. The van der Waals surface area contributed by atoms with Crippen LogP contribution >= 0.6 is 10.3 Å². The molecule has 0 aliphatic carbocycles. The van der Waals surface area contributed by atoms with E-state index in [4.69, 9.17) is 8.37 Å². The van der Waals surface area contributed by atoms with E-state index in [0.29, 0.717) is 21.8 Å². The van der Waals surface area contributed by atoms with Crippen molar-refractivity contribution in [3.63, 3.8) is 0 Å². The number of aryl methyl sites for hydroxylation is 2. The molecule has 0 unspecified atom stereocenters. The van der Waals surface area contributed by atoms with Crippen molar-refractivity contribution in [2.24, 2.45) is 0 Å². The molecule has 1 aromatic carbocycles. The van der Waals surface area contributed by atoms with Crippen molar-refractivity contribution in [2.45, 2.75) is 18.7 Å². The standard InChI is InChI=1S/C14H23NO6S2/c1-10-8-12(22(6,7)21-23(17,18)19-5)9-11(2)13(10)20-14(16)15(3)4/h8-9H,1-7H3. The van der Waals surface area contributed by atoms with Crippen molar-refractivity contribution in [1.82, 2.24) is 4.90 Å². The van der Waals surface area contributed by atoms with E-state index in [1.165, 1.54) is 4.90 Å². The van der Waals surface area contributed by atoms with Crippen LogP contribution in [0.3, 0.4) is 0 Å². The first-order chi connectivity index (χ1) is 10.4. The Morgan fingerprint density at radius 3 is 1.96 bits per heavy atom. The largest absolute Gasteiger partial charge is 0.414 e. The number of rotatable bonds is 5. The summed E-state index contributed by atoms with van der Waals surface area (Å²) in [5.41, 5.74) is 1.43. The molecule has 1 amide bonds. The third-order valence-electron chi connectivity index (χ3n) is 3.01. The normalized spacial score (nSPS) is 12.8. The maximum absolute atomic E-state index is 11.7. The van der Waals surface area contributed by atoms with E-state index in [-0.39, 0.29) is 0 Å². The first kappa shape index (κ1) is 19.8. The van der Waals surface area contributed by atoms with Crippen LogP contribution in [0, 0.1) is 13.8 Å². The molecule has 23 heavy (non-hydrogen) atoms. The number of nitrogens with zero attached hydrogens (tertiary/aromatic N) is 1. The Kier molecular flexibility index (Phi) is 6.08. The number of carbonyl (C=O) groups excluding carboxylic acids is 1. The zero-order valence-electron chi connectivity index (χ0n) is 14.4. The van der Waals surface area contributed by atoms with Gasteiger partial charge in [0.25, 0.3) is 0 Å². The zero-order chi connectivity index (χ0) is 18.0. The van der Waals surface area contributed by atoms with Gasteiger partial charge >= 0.3 is 16.5 Å². The summed E-state index contributed by atoms with van der Waals surface area (Å²) in [5.74, 6) is 0.456. The number of hydrogen-bond acceptors (Lipinski definition) is 6. The first-order valence-electron chi connectivity index (χ1n) is 6.65. The van der Waals surface area contributed by atoms with Crippen molar-refractivity contribution in [3.05, 3.63) is 23.3 Å². The summed E-state index contributed by atoms with van der Waals surface area (Å²) in [7, 11) is -1.91. The van der Waals surface area contributed by atoms with E-state index < -0.39 is 26.8 Å². The van der Waals surface area contributed by atoms with Gasteiger partial charge in [0, 0.05) is 19.0 Å². The average molecular weight is 365 g/mol. The van der Waals surface area contributed by atoms with Gasteiger partial charge in [-0.2, -0.15) is 12.0 Å². The van der Waals surface area contributed by atoms with Crippen LogP contribution in [0.4, 0.5) is 4.79 Å². The smallest absolute Gasteiger partial charge is 0.410 e. The molecule has 1 rings (SSSR count). The lowest BCUT2D eigenvalue weighted by Crippen LogP contribution is -2.26. The highest BCUT2D eigenvalue weighted by Gasteiger charge is 2.26. The molecule has 0 saturated heterocycles. The van der Waals surface area contributed by atoms with Crippen molar-refractivity contribution in [1.29, 1.82) is 0 Å². The first-order valence-corrected chi connectivity index (χ1v) is 10.4. The van der Waals surface area contributed by atoms with E-state index >= 15 is 0 Å². The quantitative estimate of drug-likeness (QED) is 0.798. The number of benzene rings is 1. The van der Waals surface area contributed by atoms with Gasteiger partial charge in [0.15, 0.2) is 0 Å². The highest BCUT2D eigenvalue weighted by atomic mass is 32.3. The Bertz CT molecular complexity index is 674. The van der Waals surface area contributed by atoms with E-state index in [0.717, 1.165) is 7.11 Å². The zero-order valence-corrected chi connectivity index (χ0v) is 16.0. The monoisotopic (exact) mass is 365 g/mol. The minimum atomic E-state index is -4.05. The van der Waals surface area contributed by atoms with Crippen LogP contribution in [0.15, 0.2) is 17.0 Å². The summed E-state index contributed by atoms with van der Waals surface area (Å²) >= 11 is 0. The lowest BCUT2D eigenvalue weighted by Gasteiger charge is -2.30. The van der Waals surface area contributed by atoms with Gasteiger partial charge in [0.2, 0.25) is 0 Å². The average Bonchev–Trinajstić information content (AvgIpc) is 2.41. The lowest BCUT2D eigenvalue weighted by molar-refractivity contribution is 0.171. The maximum Gasteiger partial charge on any atom is 0.414 e. The number of carbonyl (C=O) groups is 1. The molecule has 132 valence electrons. The number of hydrogen-bond donors (Lipinski definition) is 0. The summed E-state index contributed by atoms with van der Waals surface area (Å²) in [5, 5.41) is 0. The third-order valence-corrected chi connectivity index (χ3v) is 6.82. The van der Waals surface area contributed by atoms with Gasteiger partial charge in [-0.3, -0.25) is 4.18 Å². The summed E-state index contributed by atoms with van der Waals surface area (Å²) in [6.07, 6.45) is 2.92. The van der Waals surface area contributed by atoms with Crippen molar-refractivity contribution < 1.29 is 25.8 Å². The summed E-state index contributed by atoms with van der Waals surface area (Å²) in [6.45, 7) is 3.57. The van der Waals surface area contributed by atoms with Crippen molar-refractivity contribution in [3.8, 4) is 5.75 Å². The number of amides is 1. The Labute approximate surface area is 139 Å². The van der Waals surface area contributed by atoms with Crippen molar-refractivity contribution >= 4 is 26.8 Å². The lowest BCUT2D eigenvalue weighted by atomic mass is 10.1. The molecule has 0 N–H and O–H groups in total.